The highest BCUT2D eigenvalue weighted by Gasteiger charge is 2.27. The third-order valence-corrected chi connectivity index (χ3v) is 5.45. The molecule has 0 atom stereocenters. The first-order chi connectivity index (χ1) is 11.9. The summed E-state index contributed by atoms with van der Waals surface area (Å²) in [6.45, 7) is 1.13. The van der Waals surface area contributed by atoms with Crippen LogP contribution in [-0.4, -0.2) is 28.5 Å². The van der Waals surface area contributed by atoms with Gasteiger partial charge in [0.15, 0.2) is 0 Å². The van der Waals surface area contributed by atoms with Crippen LogP contribution in [0.15, 0.2) is 35.3 Å². The van der Waals surface area contributed by atoms with E-state index in [0.29, 0.717) is 19.0 Å². The molecule has 2 aromatic rings. The molecule has 0 radical (unpaired) electrons. The molecular weight excluding hydrogens is 366 g/mol. The molecule has 3 rings (SSSR count). The second kappa shape index (κ2) is 7.18. The van der Waals surface area contributed by atoms with Gasteiger partial charge in [-0.05, 0) is 36.5 Å². The van der Waals surface area contributed by atoms with Gasteiger partial charge < -0.3 is 9.47 Å². The number of aromatic nitrogens is 1. The van der Waals surface area contributed by atoms with Gasteiger partial charge in [0.25, 0.3) is 11.5 Å². The number of piperidine rings is 1. The van der Waals surface area contributed by atoms with Gasteiger partial charge in [0.2, 0.25) is 0 Å². The maximum atomic E-state index is 13.0. The summed E-state index contributed by atoms with van der Waals surface area (Å²) in [4.78, 5) is 26.2. The fourth-order valence-corrected chi connectivity index (χ4v) is 3.59. The molecule has 0 saturated carbocycles. The Hall–Kier alpha value is -1.85. The minimum Gasteiger partial charge on any atom is -0.339 e. The van der Waals surface area contributed by atoms with Crippen LogP contribution in [0.2, 0.25) is 10.0 Å². The molecule has 1 aliphatic heterocycles. The summed E-state index contributed by atoms with van der Waals surface area (Å²) in [5, 5.41) is -0.147. The van der Waals surface area contributed by atoms with Crippen LogP contribution in [0.25, 0.3) is 0 Å². The predicted octanol–water partition coefficient (Wildman–Crippen LogP) is 3.85. The number of aryl methyl sites for hydroxylation is 1. The van der Waals surface area contributed by atoms with Crippen LogP contribution >= 0.6 is 23.2 Å². The molecule has 132 valence electrons. The van der Waals surface area contributed by atoms with E-state index < -0.39 is 5.56 Å². The van der Waals surface area contributed by atoms with E-state index in [0.717, 1.165) is 18.4 Å². The normalized spacial score (nSPS) is 15.4. The van der Waals surface area contributed by atoms with E-state index in [1.54, 1.807) is 17.0 Å². The number of carbonyl (C=O) groups is 1. The van der Waals surface area contributed by atoms with Crippen molar-refractivity contribution in [3.8, 4) is 0 Å². The fourth-order valence-electron chi connectivity index (χ4n) is 3.15. The number of pyridine rings is 1. The number of hydrogen-bond donors (Lipinski definition) is 0. The standard InChI is InChI=1S/C18H17Cl2FN2O2/c1-22-10-14(15(19)16(20)18(22)25)17(24)23-8-6-12(7-9-23)11-2-4-13(21)5-3-11/h2-5,10,12H,6-9H2,1H3. The van der Waals surface area contributed by atoms with E-state index in [4.69, 9.17) is 23.2 Å². The summed E-state index contributed by atoms with van der Waals surface area (Å²) >= 11 is 12.0. The lowest BCUT2D eigenvalue weighted by Gasteiger charge is -2.32. The number of amides is 1. The molecule has 1 aromatic carbocycles. The molecule has 1 amide bonds. The van der Waals surface area contributed by atoms with Gasteiger partial charge in [0, 0.05) is 26.3 Å². The third-order valence-electron chi connectivity index (χ3n) is 4.61. The molecule has 0 unspecified atom stereocenters. The topological polar surface area (TPSA) is 42.3 Å². The molecule has 7 heteroatoms. The number of benzene rings is 1. The van der Waals surface area contributed by atoms with Gasteiger partial charge in [0.05, 0.1) is 10.6 Å². The smallest absolute Gasteiger partial charge is 0.270 e. The molecular formula is C18H17Cl2FN2O2. The summed E-state index contributed by atoms with van der Waals surface area (Å²) in [6.07, 6.45) is 2.99. The van der Waals surface area contributed by atoms with Crippen LogP contribution in [0.1, 0.15) is 34.7 Å². The van der Waals surface area contributed by atoms with Crippen molar-refractivity contribution in [2.24, 2.45) is 7.05 Å². The minimum absolute atomic E-state index is 0.00424. The zero-order valence-corrected chi connectivity index (χ0v) is 15.1. The lowest BCUT2D eigenvalue weighted by molar-refractivity contribution is 0.0712. The Morgan fingerprint density at radius 3 is 2.32 bits per heavy atom. The van der Waals surface area contributed by atoms with Gasteiger partial charge in [-0.3, -0.25) is 9.59 Å². The van der Waals surface area contributed by atoms with Crippen LogP contribution in [0.5, 0.6) is 0 Å². The second-order valence-electron chi connectivity index (χ2n) is 6.20. The molecule has 0 bridgehead atoms. The molecule has 0 spiro atoms. The highest BCUT2D eigenvalue weighted by Crippen LogP contribution is 2.30. The Balaban J connectivity index is 1.74. The Kier molecular flexibility index (Phi) is 5.16. The van der Waals surface area contributed by atoms with Crippen LogP contribution in [0.3, 0.4) is 0 Å². The molecule has 1 aromatic heterocycles. The van der Waals surface area contributed by atoms with Crippen LogP contribution in [0, 0.1) is 5.82 Å². The molecule has 4 nitrogen and oxygen atoms in total. The van der Waals surface area contributed by atoms with E-state index in [1.807, 2.05) is 0 Å². The summed E-state index contributed by atoms with van der Waals surface area (Å²) in [6, 6.07) is 6.50. The fraction of sp³-hybridized carbons (Fsp3) is 0.333. The van der Waals surface area contributed by atoms with Crippen LogP contribution in [-0.2, 0) is 7.05 Å². The zero-order chi connectivity index (χ0) is 18.1. The largest absolute Gasteiger partial charge is 0.339 e. The molecule has 25 heavy (non-hydrogen) atoms. The molecule has 0 N–H and O–H groups in total. The quantitative estimate of drug-likeness (QED) is 0.791. The highest BCUT2D eigenvalue weighted by molar-refractivity contribution is 6.43. The van der Waals surface area contributed by atoms with Gasteiger partial charge in [-0.25, -0.2) is 4.39 Å². The van der Waals surface area contributed by atoms with E-state index in [2.05, 4.69) is 0 Å². The van der Waals surface area contributed by atoms with Crippen molar-refractivity contribution in [1.82, 2.24) is 9.47 Å². The monoisotopic (exact) mass is 382 g/mol. The molecule has 2 heterocycles. The van der Waals surface area contributed by atoms with E-state index in [-0.39, 0.29) is 27.3 Å². The Morgan fingerprint density at radius 2 is 1.72 bits per heavy atom. The van der Waals surface area contributed by atoms with E-state index in [9.17, 15) is 14.0 Å². The van der Waals surface area contributed by atoms with Crippen molar-refractivity contribution in [3.63, 3.8) is 0 Å². The molecule has 1 fully saturated rings. The summed E-state index contributed by atoms with van der Waals surface area (Å²) in [5.74, 6) is -0.193. The molecule has 1 saturated heterocycles. The Morgan fingerprint density at radius 1 is 1.12 bits per heavy atom. The average molecular weight is 383 g/mol. The second-order valence-corrected chi connectivity index (χ2v) is 6.96. The zero-order valence-electron chi connectivity index (χ0n) is 13.6. The van der Waals surface area contributed by atoms with Gasteiger partial charge >= 0.3 is 0 Å². The van der Waals surface area contributed by atoms with Gasteiger partial charge in [0.1, 0.15) is 10.8 Å². The minimum atomic E-state index is -0.432. The lowest BCUT2D eigenvalue weighted by Crippen LogP contribution is -2.38. The number of rotatable bonds is 2. The molecule has 1 aliphatic rings. The van der Waals surface area contributed by atoms with Crippen molar-refractivity contribution in [2.75, 3.05) is 13.1 Å². The average Bonchev–Trinajstić information content (AvgIpc) is 2.63. The van der Waals surface area contributed by atoms with Gasteiger partial charge in [-0.2, -0.15) is 0 Å². The number of carbonyl (C=O) groups excluding carboxylic acids is 1. The summed E-state index contributed by atoms with van der Waals surface area (Å²) in [5.41, 5.74) is 0.879. The molecule has 0 aliphatic carbocycles. The van der Waals surface area contributed by atoms with Gasteiger partial charge in [-0.1, -0.05) is 35.3 Å². The number of nitrogens with zero attached hydrogens (tertiary/aromatic N) is 2. The van der Waals surface area contributed by atoms with Crippen LogP contribution < -0.4 is 5.56 Å². The third kappa shape index (κ3) is 3.58. The first kappa shape index (κ1) is 18.0. The van der Waals surface area contributed by atoms with E-state index >= 15 is 0 Å². The highest BCUT2D eigenvalue weighted by atomic mass is 35.5. The first-order valence-corrected chi connectivity index (χ1v) is 8.73. The number of likely N-dealkylation sites (tertiary alicyclic amines) is 1. The summed E-state index contributed by atoms with van der Waals surface area (Å²) in [7, 11) is 1.53. The first-order valence-electron chi connectivity index (χ1n) is 7.98. The van der Waals surface area contributed by atoms with Crippen molar-refractivity contribution >= 4 is 29.1 Å². The van der Waals surface area contributed by atoms with Crippen molar-refractivity contribution in [3.05, 3.63) is 67.8 Å². The predicted molar refractivity (Wildman–Crippen MR) is 96.0 cm³/mol. The Labute approximate surface area is 154 Å². The van der Waals surface area contributed by atoms with Crippen molar-refractivity contribution in [1.29, 1.82) is 0 Å². The van der Waals surface area contributed by atoms with Crippen molar-refractivity contribution < 1.29 is 9.18 Å². The van der Waals surface area contributed by atoms with Crippen molar-refractivity contribution in [2.45, 2.75) is 18.8 Å². The van der Waals surface area contributed by atoms with Gasteiger partial charge in [-0.15, -0.1) is 0 Å². The summed E-state index contributed by atoms with van der Waals surface area (Å²) < 4.78 is 14.3. The number of halogens is 3. The number of hydrogen-bond acceptors (Lipinski definition) is 2. The maximum absolute atomic E-state index is 13.0. The Bertz CT molecular complexity index is 857. The maximum Gasteiger partial charge on any atom is 0.270 e. The van der Waals surface area contributed by atoms with Crippen LogP contribution in [0.4, 0.5) is 4.39 Å². The van der Waals surface area contributed by atoms with E-state index in [1.165, 1.54) is 29.9 Å². The SMILES string of the molecule is Cn1cc(C(=O)N2CCC(c3ccc(F)cc3)CC2)c(Cl)c(Cl)c1=O. The lowest BCUT2D eigenvalue weighted by atomic mass is 9.89.